The van der Waals surface area contributed by atoms with E-state index in [-0.39, 0.29) is 10.8 Å². The van der Waals surface area contributed by atoms with E-state index in [2.05, 4.69) is 4.72 Å². The van der Waals surface area contributed by atoms with Gasteiger partial charge < -0.3 is 10.6 Å². The van der Waals surface area contributed by atoms with Crippen LogP contribution in [0.15, 0.2) is 29.2 Å². The number of benzene rings is 1. The molecule has 3 N–H and O–H groups in total. The predicted molar refractivity (Wildman–Crippen MR) is 74.2 cm³/mol. The highest BCUT2D eigenvalue weighted by molar-refractivity contribution is 7.89. The lowest BCUT2D eigenvalue weighted by molar-refractivity contribution is 0.545. The van der Waals surface area contributed by atoms with Crippen molar-refractivity contribution in [3.8, 4) is 0 Å². The molecule has 0 aliphatic heterocycles. The van der Waals surface area contributed by atoms with Gasteiger partial charge in [0.25, 0.3) is 0 Å². The van der Waals surface area contributed by atoms with E-state index in [4.69, 9.17) is 5.73 Å². The maximum absolute atomic E-state index is 12.0. The fourth-order valence-corrected chi connectivity index (χ4v) is 2.51. The molecule has 0 bridgehead atoms. The van der Waals surface area contributed by atoms with Crippen LogP contribution < -0.4 is 15.4 Å². The summed E-state index contributed by atoms with van der Waals surface area (Å²) in [4.78, 5) is 2.19. The molecule has 6 heteroatoms. The maximum Gasteiger partial charge on any atom is 0.240 e. The summed E-state index contributed by atoms with van der Waals surface area (Å²) in [5.41, 5.74) is 6.42. The lowest BCUT2D eigenvalue weighted by atomic mass is 10.2. The molecule has 18 heavy (non-hydrogen) atoms. The summed E-state index contributed by atoms with van der Waals surface area (Å²) < 4.78 is 26.5. The Morgan fingerprint density at radius 3 is 2.28 bits per heavy atom. The van der Waals surface area contributed by atoms with E-state index in [0.717, 1.165) is 5.69 Å². The van der Waals surface area contributed by atoms with Gasteiger partial charge in [-0.3, -0.25) is 0 Å². The second-order valence-corrected chi connectivity index (χ2v) is 6.35. The standard InChI is InChI=1S/C12H21N3O2S/c1-10(8-13)9-14-18(16,17)12-6-4-11(5-7-12)15(2)3/h4-7,10,14H,8-9,13H2,1-3H3/t10-/m1/s1. The lowest BCUT2D eigenvalue weighted by Crippen LogP contribution is -2.31. The van der Waals surface area contributed by atoms with Gasteiger partial charge in [-0.15, -0.1) is 0 Å². The Bertz CT molecular complexity index is 469. The lowest BCUT2D eigenvalue weighted by Gasteiger charge is -2.14. The van der Waals surface area contributed by atoms with Gasteiger partial charge in [0.2, 0.25) is 10.0 Å². The van der Waals surface area contributed by atoms with Crippen LogP contribution in [0, 0.1) is 5.92 Å². The van der Waals surface area contributed by atoms with Crippen molar-refractivity contribution >= 4 is 15.7 Å². The summed E-state index contributed by atoms with van der Waals surface area (Å²) in [6, 6.07) is 6.76. The second kappa shape index (κ2) is 6.17. The van der Waals surface area contributed by atoms with Crippen LogP contribution in [0.25, 0.3) is 0 Å². The first-order chi connectivity index (χ1) is 8.36. The fraction of sp³-hybridized carbons (Fsp3) is 0.500. The molecule has 0 saturated heterocycles. The molecular weight excluding hydrogens is 250 g/mol. The average molecular weight is 271 g/mol. The molecule has 0 saturated carbocycles. The van der Waals surface area contributed by atoms with Gasteiger partial charge in [-0.1, -0.05) is 6.92 Å². The summed E-state index contributed by atoms with van der Waals surface area (Å²) in [5, 5.41) is 0. The van der Waals surface area contributed by atoms with Crippen LogP contribution in [-0.4, -0.2) is 35.6 Å². The molecule has 1 aromatic rings. The van der Waals surface area contributed by atoms with Crippen molar-refractivity contribution in [2.45, 2.75) is 11.8 Å². The minimum atomic E-state index is -3.43. The van der Waals surface area contributed by atoms with Gasteiger partial charge in [-0.05, 0) is 36.7 Å². The van der Waals surface area contributed by atoms with Crippen LogP contribution in [0.3, 0.4) is 0 Å². The highest BCUT2D eigenvalue weighted by Crippen LogP contribution is 2.15. The predicted octanol–water partition coefficient (Wildman–Crippen LogP) is 0.626. The van der Waals surface area contributed by atoms with Crippen molar-refractivity contribution in [2.75, 3.05) is 32.1 Å². The molecule has 1 atom stereocenters. The quantitative estimate of drug-likeness (QED) is 0.795. The molecular formula is C12H21N3O2S. The van der Waals surface area contributed by atoms with E-state index in [1.54, 1.807) is 24.3 Å². The van der Waals surface area contributed by atoms with Crippen molar-refractivity contribution in [1.29, 1.82) is 0 Å². The molecule has 0 spiro atoms. The molecule has 102 valence electrons. The first kappa shape index (κ1) is 14.9. The minimum absolute atomic E-state index is 0.126. The molecule has 0 aliphatic carbocycles. The number of rotatable bonds is 6. The third-order valence-electron chi connectivity index (χ3n) is 2.69. The van der Waals surface area contributed by atoms with E-state index in [1.807, 2.05) is 25.9 Å². The average Bonchev–Trinajstić information content (AvgIpc) is 2.36. The SMILES string of the molecule is C[C@H](CN)CNS(=O)(=O)c1ccc(N(C)C)cc1. The van der Waals surface area contributed by atoms with Gasteiger partial charge in [0.05, 0.1) is 4.90 Å². The molecule has 0 unspecified atom stereocenters. The Balaban J connectivity index is 2.79. The third-order valence-corrected chi connectivity index (χ3v) is 4.13. The molecule has 0 fully saturated rings. The van der Waals surface area contributed by atoms with Crippen molar-refractivity contribution in [1.82, 2.24) is 4.72 Å². The zero-order chi connectivity index (χ0) is 13.8. The molecule has 0 amide bonds. The first-order valence-corrected chi connectivity index (χ1v) is 7.32. The summed E-state index contributed by atoms with van der Waals surface area (Å²) >= 11 is 0. The Kier molecular flexibility index (Phi) is 5.13. The van der Waals surface area contributed by atoms with Crippen LogP contribution in [-0.2, 0) is 10.0 Å². The van der Waals surface area contributed by atoms with Crippen molar-refractivity contribution in [2.24, 2.45) is 11.7 Å². The van der Waals surface area contributed by atoms with E-state index in [1.165, 1.54) is 0 Å². The van der Waals surface area contributed by atoms with Crippen molar-refractivity contribution in [3.05, 3.63) is 24.3 Å². The molecule has 0 radical (unpaired) electrons. The van der Waals surface area contributed by atoms with Gasteiger partial charge in [0.1, 0.15) is 0 Å². The van der Waals surface area contributed by atoms with Gasteiger partial charge in [-0.25, -0.2) is 13.1 Å². The van der Waals surface area contributed by atoms with Crippen LogP contribution >= 0.6 is 0 Å². The fourth-order valence-electron chi connectivity index (χ4n) is 1.34. The number of nitrogens with zero attached hydrogens (tertiary/aromatic N) is 1. The summed E-state index contributed by atoms with van der Waals surface area (Å²) in [7, 11) is 0.383. The van der Waals surface area contributed by atoms with E-state index >= 15 is 0 Å². The minimum Gasteiger partial charge on any atom is -0.378 e. The van der Waals surface area contributed by atoms with E-state index in [9.17, 15) is 8.42 Å². The topological polar surface area (TPSA) is 75.4 Å². The van der Waals surface area contributed by atoms with Crippen LogP contribution in [0.2, 0.25) is 0 Å². The zero-order valence-corrected chi connectivity index (χ0v) is 11.9. The Hall–Kier alpha value is -1.11. The van der Waals surface area contributed by atoms with Crippen molar-refractivity contribution < 1.29 is 8.42 Å². The molecule has 1 rings (SSSR count). The van der Waals surface area contributed by atoms with Gasteiger partial charge in [0, 0.05) is 26.3 Å². The zero-order valence-electron chi connectivity index (χ0n) is 11.1. The van der Waals surface area contributed by atoms with E-state index < -0.39 is 10.0 Å². The van der Waals surface area contributed by atoms with Gasteiger partial charge >= 0.3 is 0 Å². The molecule has 1 aromatic carbocycles. The third kappa shape index (κ3) is 3.97. The molecule has 0 aromatic heterocycles. The number of hydrogen-bond acceptors (Lipinski definition) is 4. The number of anilines is 1. The highest BCUT2D eigenvalue weighted by Gasteiger charge is 2.14. The monoisotopic (exact) mass is 271 g/mol. The second-order valence-electron chi connectivity index (χ2n) is 4.58. The van der Waals surface area contributed by atoms with E-state index in [0.29, 0.717) is 13.1 Å². The number of nitrogens with two attached hydrogens (primary N) is 1. The van der Waals surface area contributed by atoms with Crippen LogP contribution in [0.1, 0.15) is 6.92 Å². The van der Waals surface area contributed by atoms with Crippen LogP contribution in [0.5, 0.6) is 0 Å². The number of hydrogen-bond donors (Lipinski definition) is 2. The maximum atomic E-state index is 12.0. The number of sulfonamides is 1. The summed E-state index contributed by atoms with van der Waals surface area (Å²) in [6.45, 7) is 2.72. The molecule has 0 heterocycles. The van der Waals surface area contributed by atoms with Crippen LogP contribution in [0.4, 0.5) is 5.69 Å². The Labute approximate surface area is 109 Å². The van der Waals surface area contributed by atoms with Gasteiger partial charge in [0.15, 0.2) is 0 Å². The molecule has 0 aliphatic rings. The summed E-state index contributed by atoms with van der Waals surface area (Å²) in [6.07, 6.45) is 0. The summed E-state index contributed by atoms with van der Waals surface area (Å²) in [5.74, 6) is 0.126. The van der Waals surface area contributed by atoms with Gasteiger partial charge in [-0.2, -0.15) is 0 Å². The van der Waals surface area contributed by atoms with Crippen molar-refractivity contribution in [3.63, 3.8) is 0 Å². The first-order valence-electron chi connectivity index (χ1n) is 5.84. The number of nitrogens with one attached hydrogen (secondary N) is 1. The Morgan fingerprint density at radius 2 is 1.83 bits per heavy atom. The Morgan fingerprint density at radius 1 is 1.28 bits per heavy atom. The largest absolute Gasteiger partial charge is 0.378 e. The highest BCUT2D eigenvalue weighted by atomic mass is 32.2. The smallest absolute Gasteiger partial charge is 0.240 e. The normalized spacial score (nSPS) is 13.3. The molecule has 5 nitrogen and oxygen atoms in total.